The fraction of sp³-hybridized carbons (Fsp3) is 0.333. The normalized spacial score (nSPS) is 20.8. The van der Waals surface area contributed by atoms with Crippen molar-refractivity contribution in [3.63, 3.8) is 0 Å². The molecule has 2 N–H and O–H groups in total. The van der Waals surface area contributed by atoms with E-state index in [9.17, 15) is 35.2 Å². The Morgan fingerprint density at radius 1 is 1.25 bits per heavy atom. The number of rotatable bonds is 3. The van der Waals surface area contributed by atoms with Gasteiger partial charge in [-0.25, -0.2) is 27.2 Å². The minimum absolute atomic E-state index is 0.113. The average molecular weight is 477 g/mol. The van der Waals surface area contributed by atoms with Crippen molar-refractivity contribution in [1.82, 2.24) is 14.3 Å². The first-order chi connectivity index (χ1) is 14.6. The molecule has 2 aromatic heterocycles. The molecule has 3 rings (SSSR count). The van der Waals surface area contributed by atoms with Crippen molar-refractivity contribution in [2.75, 3.05) is 18.1 Å². The predicted octanol–water partition coefficient (Wildman–Crippen LogP) is 2.93. The topological polar surface area (TPSA) is 116 Å². The first kappa shape index (κ1) is 23.5. The zero-order chi connectivity index (χ0) is 24.1. The summed E-state index contributed by atoms with van der Waals surface area (Å²) in [4.78, 5) is 19.4. The summed E-state index contributed by atoms with van der Waals surface area (Å²) in [7, 11) is -2.72. The molecule has 14 heteroatoms. The lowest BCUT2D eigenvalue weighted by molar-refractivity contribution is -0.138. The summed E-state index contributed by atoms with van der Waals surface area (Å²) in [6.07, 6.45) is -4.73. The Labute approximate surface area is 179 Å². The van der Waals surface area contributed by atoms with E-state index in [4.69, 9.17) is 5.41 Å². The number of hydrogen-bond acceptors (Lipinski definition) is 6. The third-order valence-corrected chi connectivity index (χ3v) is 6.96. The fourth-order valence-electron chi connectivity index (χ4n) is 3.22. The van der Waals surface area contributed by atoms with Gasteiger partial charge >= 0.3 is 6.18 Å². The number of sulfonamides is 1. The van der Waals surface area contributed by atoms with Gasteiger partial charge in [-0.05, 0) is 18.2 Å². The maximum atomic E-state index is 14.5. The monoisotopic (exact) mass is 477 g/mol. The molecule has 0 aromatic carbocycles. The van der Waals surface area contributed by atoms with Gasteiger partial charge in [0.1, 0.15) is 17.5 Å². The van der Waals surface area contributed by atoms with Crippen LogP contribution in [-0.4, -0.2) is 47.2 Å². The highest BCUT2D eigenvalue weighted by Crippen LogP contribution is 2.36. The third kappa shape index (κ3) is 4.40. The standard InChI is InChI=1S/C18H16F5N5O3S/c1-17(6-12(24)28(2)32(30,31)8-17)15-10(19)3-4-13(26-15)27-16(29)14-11(20)5-9(7-25-14)18(21,22)23/h3-5,7,24H,6,8H2,1-2H3,(H,26,27,29)/t17-/m0/s1. The minimum atomic E-state index is -4.85. The molecule has 0 aliphatic carbocycles. The second-order valence-electron chi connectivity index (χ2n) is 7.44. The van der Waals surface area contributed by atoms with E-state index in [-0.39, 0.29) is 36.0 Å². The molecule has 2 aromatic rings. The van der Waals surface area contributed by atoms with E-state index in [1.807, 2.05) is 0 Å². The molecule has 1 fully saturated rings. The number of pyridine rings is 2. The van der Waals surface area contributed by atoms with Crippen molar-refractivity contribution in [2.45, 2.75) is 24.9 Å². The van der Waals surface area contributed by atoms with E-state index in [1.165, 1.54) is 14.0 Å². The van der Waals surface area contributed by atoms with Gasteiger partial charge in [0.05, 0.1) is 17.0 Å². The summed E-state index contributed by atoms with van der Waals surface area (Å²) in [5.41, 5.74) is -4.11. The van der Waals surface area contributed by atoms with Crippen LogP contribution in [-0.2, 0) is 21.6 Å². The molecule has 1 aliphatic heterocycles. The van der Waals surface area contributed by atoms with Crippen molar-refractivity contribution < 1.29 is 35.2 Å². The number of anilines is 1. The molecule has 0 spiro atoms. The Balaban J connectivity index is 1.91. The Morgan fingerprint density at radius 3 is 2.47 bits per heavy atom. The number of nitrogens with one attached hydrogen (secondary N) is 2. The zero-order valence-corrected chi connectivity index (χ0v) is 17.4. The number of hydrogen-bond donors (Lipinski definition) is 2. The van der Waals surface area contributed by atoms with Crippen LogP contribution in [0.3, 0.4) is 0 Å². The molecule has 0 bridgehead atoms. The number of nitrogens with zero attached hydrogens (tertiary/aromatic N) is 3. The van der Waals surface area contributed by atoms with E-state index in [0.29, 0.717) is 0 Å². The average Bonchev–Trinajstić information content (AvgIpc) is 2.66. The fourth-order valence-corrected chi connectivity index (χ4v) is 4.86. The van der Waals surface area contributed by atoms with Crippen LogP contribution in [0.2, 0.25) is 0 Å². The number of halogens is 5. The number of carbonyl (C=O) groups excluding carboxylic acids is 1. The van der Waals surface area contributed by atoms with E-state index in [1.54, 1.807) is 0 Å². The number of aromatic nitrogens is 2. The van der Waals surface area contributed by atoms with Crippen LogP contribution >= 0.6 is 0 Å². The van der Waals surface area contributed by atoms with Crippen molar-refractivity contribution in [2.24, 2.45) is 0 Å². The van der Waals surface area contributed by atoms with Crippen LogP contribution < -0.4 is 5.32 Å². The quantitative estimate of drug-likeness (QED) is 0.660. The lowest BCUT2D eigenvalue weighted by atomic mass is 9.83. The lowest BCUT2D eigenvalue weighted by Gasteiger charge is -2.38. The van der Waals surface area contributed by atoms with Crippen molar-refractivity contribution in [3.05, 3.63) is 53.0 Å². The van der Waals surface area contributed by atoms with E-state index in [2.05, 4.69) is 15.3 Å². The van der Waals surface area contributed by atoms with Gasteiger partial charge in [-0.3, -0.25) is 14.5 Å². The molecule has 8 nitrogen and oxygen atoms in total. The summed E-state index contributed by atoms with van der Waals surface area (Å²) in [6, 6.07) is 2.02. The van der Waals surface area contributed by atoms with Crippen LogP contribution in [0.1, 0.15) is 35.1 Å². The van der Waals surface area contributed by atoms with Crippen molar-refractivity contribution >= 4 is 27.6 Å². The molecule has 1 saturated heterocycles. The molecule has 3 heterocycles. The van der Waals surface area contributed by atoms with Gasteiger partial charge in [-0.15, -0.1) is 0 Å². The van der Waals surface area contributed by atoms with E-state index in [0.717, 1.165) is 16.4 Å². The molecule has 1 amide bonds. The highest BCUT2D eigenvalue weighted by molar-refractivity contribution is 7.89. The van der Waals surface area contributed by atoms with Crippen LogP contribution in [0.15, 0.2) is 24.4 Å². The maximum Gasteiger partial charge on any atom is 0.417 e. The number of carbonyl (C=O) groups is 1. The lowest BCUT2D eigenvalue weighted by Crippen LogP contribution is -2.50. The van der Waals surface area contributed by atoms with Gasteiger partial charge in [0.2, 0.25) is 10.0 Å². The Morgan fingerprint density at radius 2 is 1.91 bits per heavy atom. The summed E-state index contributed by atoms with van der Waals surface area (Å²) in [6.45, 7) is 1.39. The second kappa shape index (κ2) is 7.76. The van der Waals surface area contributed by atoms with Gasteiger partial charge in [0, 0.05) is 25.1 Å². The van der Waals surface area contributed by atoms with Crippen LogP contribution in [0.5, 0.6) is 0 Å². The SMILES string of the molecule is CN1C(=N)C[C@](C)(c2nc(NC(=O)c3ncc(C(F)(F)F)cc3F)ccc2F)CS1(=O)=O. The summed E-state index contributed by atoms with van der Waals surface area (Å²) < 4.78 is 91.8. The Kier molecular flexibility index (Phi) is 5.70. The summed E-state index contributed by atoms with van der Waals surface area (Å²) >= 11 is 0. The van der Waals surface area contributed by atoms with Crippen molar-refractivity contribution in [1.29, 1.82) is 5.41 Å². The summed E-state index contributed by atoms with van der Waals surface area (Å²) in [5.74, 6) is -4.81. The first-order valence-corrected chi connectivity index (χ1v) is 10.5. The summed E-state index contributed by atoms with van der Waals surface area (Å²) in [5, 5.41) is 9.99. The van der Waals surface area contributed by atoms with Gasteiger partial charge < -0.3 is 5.32 Å². The second-order valence-corrected chi connectivity index (χ2v) is 9.44. The van der Waals surface area contributed by atoms with Crippen LogP contribution in [0.4, 0.5) is 27.8 Å². The van der Waals surface area contributed by atoms with Gasteiger partial charge in [0.15, 0.2) is 11.5 Å². The number of amides is 1. The molecular formula is C18H16F5N5O3S. The Bertz CT molecular complexity index is 1220. The molecule has 1 aliphatic rings. The van der Waals surface area contributed by atoms with Crippen LogP contribution in [0, 0.1) is 17.0 Å². The molecule has 0 saturated carbocycles. The van der Waals surface area contributed by atoms with Gasteiger partial charge in [-0.1, -0.05) is 6.92 Å². The smallest absolute Gasteiger partial charge is 0.305 e. The zero-order valence-electron chi connectivity index (χ0n) is 16.6. The molecule has 0 radical (unpaired) electrons. The number of amidine groups is 1. The molecule has 1 atom stereocenters. The number of alkyl halides is 3. The Hall–Kier alpha value is -3.16. The van der Waals surface area contributed by atoms with Gasteiger partial charge in [0.25, 0.3) is 5.91 Å². The third-order valence-electron chi connectivity index (χ3n) is 4.90. The molecular weight excluding hydrogens is 461 g/mol. The molecule has 32 heavy (non-hydrogen) atoms. The first-order valence-electron chi connectivity index (χ1n) is 8.89. The molecule has 172 valence electrons. The van der Waals surface area contributed by atoms with Crippen LogP contribution in [0.25, 0.3) is 0 Å². The molecule has 0 unspecified atom stereocenters. The van der Waals surface area contributed by atoms with Crippen molar-refractivity contribution in [3.8, 4) is 0 Å². The largest absolute Gasteiger partial charge is 0.417 e. The van der Waals surface area contributed by atoms with E-state index < -0.39 is 56.2 Å². The maximum absolute atomic E-state index is 14.5. The van der Waals surface area contributed by atoms with E-state index >= 15 is 0 Å². The minimum Gasteiger partial charge on any atom is -0.305 e. The highest BCUT2D eigenvalue weighted by Gasteiger charge is 2.44. The van der Waals surface area contributed by atoms with Gasteiger partial charge in [-0.2, -0.15) is 13.2 Å². The highest BCUT2D eigenvalue weighted by atomic mass is 32.2. The predicted molar refractivity (Wildman–Crippen MR) is 103 cm³/mol.